The highest BCUT2D eigenvalue weighted by Gasteiger charge is 2.53. The van der Waals surface area contributed by atoms with E-state index in [1.807, 2.05) is 53.6 Å². The molecule has 0 radical (unpaired) electrons. The van der Waals surface area contributed by atoms with Crippen LogP contribution in [0.15, 0.2) is 5.16 Å². The standard InChI is InChI=1S/C41H77N3O12/c1-15-28-19-30(45)24(4)34(55-31-21-39(8,50-13)36(48)27(7)54-31)26(6)37(56-38-33(46)29(44(11)12)18-23(3)53-38)40(9,51-14)20-22(2)32(43-52-17-16-42)25(5)35(47)41(28,10)49/h22-29,31,33-38,46-49H,15-21,42H2,1-14H3/b43-32+/t22-,23-,24+,25+,26+,27+,28+,29+,31+,33-,34-,35-,36+,37-,38+,39-,40-,41-/m1/s1. The number of nitrogens with zero attached hydrogens (tertiary/aromatic N) is 2. The molecule has 0 aromatic rings. The fourth-order valence-electron chi connectivity index (χ4n) is 9.37. The molecular weight excluding hydrogens is 726 g/mol. The van der Waals surface area contributed by atoms with Gasteiger partial charge in [0.1, 0.15) is 24.6 Å². The molecule has 2 saturated heterocycles. The zero-order chi connectivity index (χ0) is 42.5. The van der Waals surface area contributed by atoms with Gasteiger partial charge in [-0.3, -0.25) is 4.79 Å². The van der Waals surface area contributed by atoms with Crippen molar-refractivity contribution in [1.29, 1.82) is 0 Å². The van der Waals surface area contributed by atoms with Crippen LogP contribution in [0.4, 0.5) is 0 Å². The van der Waals surface area contributed by atoms with Crippen LogP contribution in [-0.4, -0.2) is 156 Å². The second-order valence-corrected chi connectivity index (χ2v) is 17.8. The first-order valence-electron chi connectivity index (χ1n) is 20.6. The van der Waals surface area contributed by atoms with Crippen LogP contribution in [0, 0.1) is 29.6 Å². The molecule has 328 valence electrons. The van der Waals surface area contributed by atoms with Crippen molar-refractivity contribution in [2.75, 3.05) is 41.5 Å². The summed E-state index contributed by atoms with van der Waals surface area (Å²) >= 11 is 0. The van der Waals surface area contributed by atoms with Gasteiger partial charge in [0.15, 0.2) is 12.6 Å². The van der Waals surface area contributed by atoms with Crippen LogP contribution < -0.4 is 5.73 Å². The number of ether oxygens (including phenoxy) is 6. The predicted molar refractivity (Wildman–Crippen MR) is 212 cm³/mol. The number of carbonyl (C=O) groups is 1. The highest BCUT2D eigenvalue weighted by Crippen LogP contribution is 2.43. The summed E-state index contributed by atoms with van der Waals surface area (Å²) in [6.45, 7) is 18.7. The minimum Gasteiger partial charge on any atom is -0.394 e. The lowest BCUT2D eigenvalue weighted by Gasteiger charge is -2.50. The Labute approximate surface area is 335 Å². The van der Waals surface area contributed by atoms with E-state index in [0.717, 1.165) is 0 Å². The van der Waals surface area contributed by atoms with E-state index in [4.69, 9.17) is 39.0 Å². The third-order valence-corrected chi connectivity index (χ3v) is 13.3. The molecule has 0 spiro atoms. The zero-order valence-electron chi connectivity index (χ0n) is 36.6. The second-order valence-electron chi connectivity index (χ2n) is 17.8. The number of carbonyl (C=O) groups excluding carboxylic acids is 1. The Morgan fingerprint density at radius 2 is 1.54 bits per heavy atom. The quantitative estimate of drug-likeness (QED) is 0.151. The van der Waals surface area contributed by atoms with E-state index in [-0.39, 0.29) is 50.3 Å². The molecule has 18 atom stereocenters. The van der Waals surface area contributed by atoms with Gasteiger partial charge < -0.3 is 64.3 Å². The summed E-state index contributed by atoms with van der Waals surface area (Å²) in [5, 5.41) is 51.2. The Hall–Kier alpha value is -1.34. The number of aliphatic hydroxyl groups is 4. The molecule has 1 aliphatic carbocycles. The molecule has 15 nitrogen and oxygen atoms in total. The van der Waals surface area contributed by atoms with Crippen molar-refractivity contribution in [2.45, 2.75) is 179 Å². The molecule has 15 heteroatoms. The van der Waals surface area contributed by atoms with Crippen LogP contribution in [0.3, 0.4) is 0 Å². The molecule has 0 aromatic carbocycles. The lowest BCUT2D eigenvalue weighted by atomic mass is 9.69. The van der Waals surface area contributed by atoms with E-state index < -0.39 is 95.6 Å². The SMILES string of the molecule is CC[C@H]1CC(=O)[C@H](C)[C@@H](O[C@H]2C[C@@](C)(OC)[C@@H](O)[C@H](C)O2)[C@H](C)[C@@H](O[C@@H]2O[C@H](C)C[C@H](N(C)C)[C@H]2O)[C@](C)(OC)C[C@@H](C)/C(=N\OCCN)[C@H](C)[C@@H](O)[C@]1(C)O. The highest BCUT2D eigenvalue weighted by molar-refractivity contribution is 5.89. The number of oxime groups is 1. The summed E-state index contributed by atoms with van der Waals surface area (Å²) < 4.78 is 38.7. The molecule has 3 fully saturated rings. The summed E-state index contributed by atoms with van der Waals surface area (Å²) in [5.74, 6) is -3.31. The van der Waals surface area contributed by atoms with E-state index in [2.05, 4.69) is 5.16 Å². The number of rotatable bonds is 11. The van der Waals surface area contributed by atoms with Gasteiger partial charge in [-0.1, -0.05) is 46.2 Å². The molecule has 6 N–H and O–H groups in total. The van der Waals surface area contributed by atoms with Crippen LogP contribution in [0.5, 0.6) is 0 Å². The van der Waals surface area contributed by atoms with Crippen molar-refractivity contribution in [3.63, 3.8) is 0 Å². The zero-order valence-corrected chi connectivity index (χ0v) is 36.6. The Morgan fingerprint density at radius 3 is 2.09 bits per heavy atom. The van der Waals surface area contributed by atoms with Crippen molar-refractivity contribution in [3.05, 3.63) is 0 Å². The van der Waals surface area contributed by atoms with Gasteiger partial charge >= 0.3 is 0 Å². The van der Waals surface area contributed by atoms with Crippen molar-refractivity contribution in [1.82, 2.24) is 4.90 Å². The molecule has 0 bridgehead atoms. The van der Waals surface area contributed by atoms with E-state index in [1.165, 1.54) is 7.11 Å². The second kappa shape index (κ2) is 20.3. The normalized spacial score (nSPS) is 47.2. The number of likely N-dealkylation sites (N-methyl/N-ethyl adjacent to an activating group) is 1. The Morgan fingerprint density at radius 1 is 0.911 bits per heavy atom. The van der Waals surface area contributed by atoms with Crippen LogP contribution >= 0.6 is 0 Å². The minimum atomic E-state index is -1.69. The average Bonchev–Trinajstić information content (AvgIpc) is 3.14. The van der Waals surface area contributed by atoms with Gasteiger partial charge in [-0.2, -0.15) is 0 Å². The fourth-order valence-corrected chi connectivity index (χ4v) is 9.37. The van der Waals surface area contributed by atoms with Crippen LogP contribution in [0.2, 0.25) is 0 Å². The molecule has 3 rings (SSSR count). The van der Waals surface area contributed by atoms with Crippen molar-refractivity contribution >= 4 is 11.5 Å². The van der Waals surface area contributed by atoms with Gasteiger partial charge in [-0.25, -0.2) is 0 Å². The summed E-state index contributed by atoms with van der Waals surface area (Å²) in [5.41, 5.74) is 2.39. The van der Waals surface area contributed by atoms with Gasteiger partial charge in [0, 0.05) is 63.3 Å². The van der Waals surface area contributed by atoms with Gasteiger partial charge in [-0.15, -0.1) is 0 Å². The largest absolute Gasteiger partial charge is 0.394 e. The molecule has 0 amide bonds. The van der Waals surface area contributed by atoms with Gasteiger partial charge in [0.2, 0.25) is 0 Å². The summed E-state index contributed by atoms with van der Waals surface area (Å²) in [7, 11) is 6.93. The summed E-state index contributed by atoms with van der Waals surface area (Å²) in [6, 6.07) is -0.257. The Balaban J connectivity index is 2.28. The maximum absolute atomic E-state index is 14.6. The Kier molecular flexibility index (Phi) is 17.8. The van der Waals surface area contributed by atoms with Crippen LogP contribution in [0.1, 0.15) is 101 Å². The molecule has 0 unspecified atom stereocenters. The fraction of sp³-hybridized carbons (Fsp3) is 0.951. The number of methoxy groups -OCH3 is 2. The predicted octanol–water partition coefficient (Wildman–Crippen LogP) is 2.87. The third-order valence-electron chi connectivity index (χ3n) is 13.3. The molecule has 2 aliphatic heterocycles. The van der Waals surface area contributed by atoms with Crippen molar-refractivity contribution in [2.24, 2.45) is 40.5 Å². The van der Waals surface area contributed by atoms with E-state index in [9.17, 15) is 25.2 Å². The number of hydrogen-bond acceptors (Lipinski definition) is 15. The molecule has 1 saturated carbocycles. The first-order valence-corrected chi connectivity index (χ1v) is 20.6. The number of ketones is 1. The van der Waals surface area contributed by atoms with E-state index >= 15 is 0 Å². The molecule has 2 heterocycles. The van der Waals surface area contributed by atoms with E-state index in [1.54, 1.807) is 41.7 Å². The first kappa shape index (κ1) is 49.0. The molecule has 0 aromatic heterocycles. The minimum absolute atomic E-state index is 0.0529. The maximum atomic E-state index is 14.6. The number of hydrogen-bond donors (Lipinski definition) is 5. The topological polar surface area (TPSA) is 204 Å². The lowest BCUT2D eigenvalue weighted by molar-refractivity contribution is -0.318. The molecule has 3 aliphatic rings. The molecular formula is C41H77N3O12. The van der Waals surface area contributed by atoms with Crippen molar-refractivity contribution < 1.29 is 58.5 Å². The van der Waals surface area contributed by atoms with Crippen LogP contribution in [-0.2, 0) is 38.1 Å². The maximum Gasteiger partial charge on any atom is 0.185 e. The smallest absolute Gasteiger partial charge is 0.185 e. The number of nitrogens with two attached hydrogens (primary N) is 1. The first-order chi connectivity index (χ1) is 26.0. The highest BCUT2D eigenvalue weighted by atomic mass is 16.7. The third kappa shape index (κ3) is 10.9. The summed E-state index contributed by atoms with van der Waals surface area (Å²) in [4.78, 5) is 22.2. The summed E-state index contributed by atoms with van der Waals surface area (Å²) in [6.07, 6.45) is -6.44. The lowest BCUT2D eigenvalue weighted by Crippen LogP contribution is -2.61. The van der Waals surface area contributed by atoms with Crippen molar-refractivity contribution in [3.8, 4) is 0 Å². The number of aliphatic hydroxyl groups excluding tert-OH is 3. The molecule has 56 heavy (non-hydrogen) atoms. The van der Waals surface area contributed by atoms with Gasteiger partial charge in [0.25, 0.3) is 0 Å². The average molecular weight is 804 g/mol. The van der Waals surface area contributed by atoms with E-state index in [0.29, 0.717) is 18.6 Å². The number of Topliss-reactive ketones (excluding diaryl/α,β-unsaturated/α-hetero) is 1. The van der Waals surface area contributed by atoms with Gasteiger partial charge in [0.05, 0.1) is 53.0 Å². The van der Waals surface area contributed by atoms with Gasteiger partial charge in [-0.05, 0) is 67.5 Å². The monoisotopic (exact) mass is 804 g/mol. The van der Waals surface area contributed by atoms with Crippen LogP contribution in [0.25, 0.3) is 0 Å². The Bertz CT molecular complexity index is 1270.